The number of methoxy groups -OCH3 is 1. The second-order valence-electron chi connectivity index (χ2n) is 5.97. The first-order valence-corrected chi connectivity index (χ1v) is 8.43. The molecular formula is C20H15ClN2O3. The van der Waals surface area contributed by atoms with E-state index >= 15 is 0 Å². The Labute approximate surface area is 155 Å². The van der Waals surface area contributed by atoms with Crippen LogP contribution in [0.1, 0.15) is 10.4 Å². The molecule has 1 heterocycles. The number of anilines is 2. The number of hydrogen-bond acceptors (Lipinski definition) is 3. The van der Waals surface area contributed by atoms with Crippen LogP contribution in [-0.4, -0.2) is 25.5 Å². The van der Waals surface area contributed by atoms with Crippen LogP contribution in [0.15, 0.2) is 54.6 Å². The number of rotatable bonds is 4. The molecule has 0 radical (unpaired) electrons. The van der Waals surface area contributed by atoms with Crippen molar-refractivity contribution in [3.05, 3.63) is 65.2 Å². The average Bonchev–Trinajstić information content (AvgIpc) is 2.90. The van der Waals surface area contributed by atoms with Crippen LogP contribution in [0.4, 0.5) is 11.4 Å². The van der Waals surface area contributed by atoms with Gasteiger partial charge in [-0.2, -0.15) is 0 Å². The highest BCUT2D eigenvalue weighted by molar-refractivity contribution is 6.32. The topological polar surface area (TPSA) is 58.6 Å². The predicted octanol–water partition coefficient (Wildman–Crippen LogP) is 4.10. The Morgan fingerprint density at radius 1 is 1.15 bits per heavy atom. The fourth-order valence-electron chi connectivity index (χ4n) is 3.22. The first-order valence-electron chi connectivity index (χ1n) is 8.05. The molecule has 0 aromatic heterocycles. The summed E-state index contributed by atoms with van der Waals surface area (Å²) in [7, 11) is 1.52. The van der Waals surface area contributed by atoms with Crippen LogP contribution in [0.3, 0.4) is 0 Å². The molecule has 26 heavy (non-hydrogen) atoms. The van der Waals surface area contributed by atoms with Gasteiger partial charge in [-0.25, -0.2) is 0 Å². The summed E-state index contributed by atoms with van der Waals surface area (Å²) >= 11 is 6.08. The van der Waals surface area contributed by atoms with Gasteiger partial charge < -0.3 is 10.1 Å². The number of nitrogens with zero attached hydrogens (tertiary/aromatic N) is 1. The lowest BCUT2D eigenvalue weighted by Gasteiger charge is -2.17. The third-order valence-electron chi connectivity index (χ3n) is 4.39. The van der Waals surface area contributed by atoms with Crippen molar-refractivity contribution in [1.82, 2.24) is 0 Å². The summed E-state index contributed by atoms with van der Waals surface area (Å²) in [5.41, 5.74) is 1.92. The lowest BCUT2D eigenvalue weighted by molar-refractivity contribution is -0.114. The molecule has 130 valence electrons. The van der Waals surface area contributed by atoms with E-state index < -0.39 is 0 Å². The summed E-state index contributed by atoms with van der Waals surface area (Å²) in [5.74, 6) is 0.0608. The Hall–Kier alpha value is -3.05. The SMILES string of the molecule is COc1ccc(NC(=O)CN2C(=O)c3cccc4cccc2c34)cc1Cl. The van der Waals surface area contributed by atoms with Crippen molar-refractivity contribution in [1.29, 1.82) is 0 Å². The van der Waals surface area contributed by atoms with Crippen molar-refractivity contribution in [2.45, 2.75) is 0 Å². The maximum atomic E-state index is 12.7. The van der Waals surface area contributed by atoms with Gasteiger partial charge in [0.05, 0.1) is 17.8 Å². The summed E-state index contributed by atoms with van der Waals surface area (Å²) < 4.78 is 5.10. The van der Waals surface area contributed by atoms with Gasteiger partial charge >= 0.3 is 0 Å². The van der Waals surface area contributed by atoms with Gasteiger partial charge in [0.2, 0.25) is 5.91 Å². The van der Waals surface area contributed by atoms with Crippen molar-refractivity contribution in [2.75, 3.05) is 23.9 Å². The van der Waals surface area contributed by atoms with Gasteiger partial charge in [-0.1, -0.05) is 35.9 Å². The van der Waals surface area contributed by atoms with Gasteiger partial charge in [-0.15, -0.1) is 0 Å². The monoisotopic (exact) mass is 366 g/mol. The molecule has 1 N–H and O–H groups in total. The number of carbonyl (C=O) groups excluding carboxylic acids is 2. The van der Waals surface area contributed by atoms with Gasteiger partial charge in [-0.05, 0) is 35.7 Å². The van der Waals surface area contributed by atoms with E-state index in [-0.39, 0.29) is 18.4 Å². The van der Waals surface area contributed by atoms with Crippen LogP contribution in [0.5, 0.6) is 5.75 Å². The molecule has 4 rings (SSSR count). The fraction of sp³-hybridized carbons (Fsp3) is 0.100. The minimum atomic E-state index is -0.301. The Kier molecular flexibility index (Phi) is 4.01. The highest BCUT2D eigenvalue weighted by atomic mass is 35.5. The summed E-state index contributed by atoms with van der Waals surface area (Å²) in [6, 6.07) is 16.3. The lowest BCUT2D eigenvalue weighted by Crippen LogP contribution is -2.35. The largest absolute Gasteiger partial charge is 0.495 e. The van der Waals surface area contributed by atoms with E-state index in [0.29, 0.717) is 22.0 Å². The standard InChI is InChI=1S/C20H15ClN2O3/c1-26-17-9-8-13(10-15(17)21)22-18(24)11-23-16-7-3-5-12-4-2-6-14(19(12)16)20(23)25/h2-10H,11H2,1H3,(H,22,24). The number of carbonyl (C=O) groups is 2. The highest BCUT2D eigenvalue weighted by Crippen LogP contribution is 2.37. The summed E-state index contributed by atoms with van der Waals surface area (Å²) in [5, 5.41) is 5.04. The molecule has 0 fully saturated rings. The molecule has 2 amide bonds. The molecule has 1 aliphatic heterocycles. The van der Waals surface area contributed by atoms with E-state index in [2.05, 4.69) is 5.32 Å². The molecule has 0 bridgehead atoms. The second kappa shape index (κ2) is 6.35. The van der Waals surface area contributed by atoms with Crippen LogP contribution in [-0.2, 0) is 4.79 Å². The van der Waals surface area contributed by atoms with E-state index in [1.807, 2.05) is 30.3 Å². The van der Waals surface area contributed by atoms with Gasteiger partial charge in [0.25, 0.3) is 5.91 Å². The van der Waals surface area contributed by atoms with E-state index in [0.717, 1.165) is 16.5 Å². The van der Waals surface area contributed by atoms with Gasteiger partial charge in [0.15, 0.2) is 0 Å². The third-order valence-corrected chi connectivity index (χ3v) is 4.68. The van der Waals surface area contributed by atoms with Crippen LogP contribution >= 0.6 is 11.6 Å². The van der Waals surface area contributed by atoms with Crippen LogP contribution in [0, 0.1) is 0 Å². The number of hydrogen-bond donors (Lipinski definition) is 1. The number of halogens is 1. The third kappa shape index (κ3) is 2.66. The van der Waals surface area contributed by atoms with Crippen molar-refractivity contribution >= 4 is 45.6 Å². The van der Waals surface area contributed by atoms with Crippen LogP contribution < -0.4 is 15.0 Å². The summed E-state index contributed by atoms with van der Waals surface area (Å²) in [6.07, 6.45) is 0. The molecule has 0 atom stereocenters. The average molecular weight is 367 g/mol. The highest BCUT2D eigenvalue weighted by Gasteiger charge is 2.30. The maximum Gasteiger partial charge on any atom is 0.259 e. The second-order valence-corrected chi connectivity index (χ2v) is 6.38. The Morgan fingerprint density at radius 3 is 2.65 bits per heavy atom. The smallest absolute Gasteiger partial charge is 0.259 e. The van der Waals surface area contributed by atoms with Gasteiger partial charge in [0, 0.05) is 16.6 Å². The molecule has 3 aromatic rings. The molecule has 0 saturated heterocycles. The quantitative estimate of drug-likeness (QED) is 0.756. The zero-order chi connectivity index (χ0) is 18.3. The number of amides is 2. The van der Waals surface area contributed by atoms with Gasteiger partial charge in [0.1, 0.15) is 12.3 Å². The summed E-state index contributed by atoms with van der Waals surface area (Å²) in [6.45, 7) is -0.0731. The zero-order valence-electron chi connectivity index (χ0n) is 14.0. The Bertz CT molecular complexity index is 1040. The first-order chi connectivity index (χ1) is 12.6. The molecule has 3 aromatic carbocycles. The zero-order valence-corrected chi connectivity index (χ0v) is 14.7. The molecule has 0 aliphatic carbocycles. The molecule has 0 spiro atoms. The summed E-state index contributed by atoms with van der Waals surface area (Å²) in [4.78, 5) is 26.7. The molecular weight excluding hydrogens is 352 g/mol. The molecule has 1 aliphatic rings. The Morgan fingerprint density at radius 2 is 1.92 bits per heavy atom. The molecule has 0 unspecified atom stereocenters. The van der Waals surface area contributed by atoms with Crippen LogP contribution in [0.2, 0.25) is 5.02 Å². The number of benzene rings is 3. The normalized spacial score (nSPS) is 12.5. The number of ether oxygens (including phenoxy) is 1. The lowest BCUT2D eigenvalue weighted by atomic mass is 10.1. The van der Waals surface area contributed by atoms with Crippen LogP contribution in [0.25, 0.3) is 10.8 Å². The van der Waals surface area contributed by atoms with Crippen molar-refractivity contribution < 1.29 is 14.3 Å². The molecule has 0 saturated carbocycles. The van der Waals surface area contributed by atoms with E-state index in [1.54, 1.807) is 24.3 Å². The van der Waals surface area contributed by atoms with E-state index in [1.165, 1.54) is 12.0 Å². The van der Waals surface area contributed by atoms with E-state index in [4.69, 9.17) is 16.3 Å². The van der Waals surface area contributed by atoms with Gasteiger partial charge in [-0.3, -0.25) is 14.5 Å². The van der Waals surface area contributed by atoms with Crippen molar-refractivity contribution in [3.63, 3.8) is 0 Å². The number of nitrogens with one attached hydrogen (secondary N) is 1. The van der Waals surface area contributed by atoms with Crippen molar-refractivity contribution in [3.8, 4) is 5.75 Å². The molecule has 6 heteroatoms. The first kappa shape index (κ1) is 16.4. The maximum absolute atomic E-state index is 12.7. The minimum absolute atomic E-state index is 0.0731. The molecule has 5 nitrogen and oxygen atoms in total. The predicted molar refractivity (Wildman–Crippen MR) is 102 cm³/mol. The minimum Gasteiger partial charge on any atom is -0.495 e. The van der Waals surface area contributed by atoms with Crippen molar-refractivity contribution in [2.24, 2.45) is 0 Å². The Balaban J connectivity index is 1.57. The fourth-order valence-corrected chi connectivity index (χ4v) is 3.48. The van der Waals surface area contributed by atoms with E-state index in [9.17, 15) is 9.59 Å².